The van der Waals surface area contributed by atoms with Crippen LogP contribution in [0.2, 0.25) is 0 Å². The van der Waals surface area contributed by atoms with Gasteiger partial charge in [-0.2, -0.15) is 0 Å². The fourth-order valence-corrected chi connectivity index (χ4v) is 14.3. The second kappa shape index (κ2) is 18.1. The van der Waals surface area contributed by atoms with Crippen LogP contribution in [0.15, 0.2) is 282 Å². The summed E-state index contributed by atoms with van der Waals surface area (Å²) in [6, 6.07) is 92.8. The number of fused-ring (bicyclic) bond motifs is 16. The fourth-order valence-electron chi connectivity index (χ4n) is 14.3. The van der Waals surface area contributed by atoms with Crippen LogP contribution in [0, 0.1) is 6.92 Å². The van der Waals surface area contributed by atoms with Crippen molar-refractivity contribution in [1.29, 1.82) is 0 Å². The molecule has 18 rings (SSSR count). The first kappa shape index (κ1) is 47.3. The molecule has 0 aliphatic carbocycles. The zero-order valence-electron chi connectivity index (χ0n) is 46.3. The number of hydrogen-bond donors (Lipinski definition) is 0. The van der Waals surface area contributed by atoms with Gasteiger partial charge in [0.25, 0.3) is 0 Å². The Morgan fingerprint density at radius 1 is 0.353 bits per heavy atom. The summed E-state index contributed by atoms with van der Waals surface area (Å²) in [4.78, 5) is 4.85. The van der Waals surface area contributed by atoms with Crippen LogP contribution in [0.3, 0.4) is 0 Å². The Kier molecular flexibility index (Phi) is 10.1. The third-order valence-electron chi connectivity index (χ3n) is 17.9. The number of anilines is 6. The van der Waals surface area contributed by atoms with Gasteiger partial charge in [0.05, 0.1) is 55.8 Å². The van der Waals surface area contributed by atoms with Gasteiger partial charge in [0.2, 0.25) is 0 Å². The number of hydrogen-bond acceptors (Lipinski definition) is 4. The van der Waals surface area contributed by atoms with Gasteiger partial charge in [-0.3, -0.25) is 0 Å². The Bertz CT molecular complexity index is 5780. The van der Waals surface area contributed by atoms with Crippen molar-refractivity contribution in [3.63, 3.8) is 0 Å². The van der Waals surface area contributed by atoms with Crippen molar-refractivity contribution in [2.24, 2.45) is 0 Å². The highest BCUT2D eigenvalue weighted by Gasteiger charge is 2.30. The van der Waals surface area contributed by atoms with Crippen LogP contribution >= 0.6 is 0 Å². The fraction of sp³-hybridized carbons (Fsp3) is 0.0127. The molecule has 0 aliphatic rings. The first-order valence-electron chi connectivity index (χ1n) is 29.0. The van der Waals surface area contributed by atoms with Crippen molar-refractivity contribution >= 4 is 149 Å². The summed E-state index contributed by atoms with van der Waals surface area (Å²) in [6.45, 7) is 6.02. The van der Waals surface area contributed by atoms with Crippen molar-refractivity contribution < 1.29 is 8.83 Å². The number of allylic oxidation sites excluding steroid dienone is 2. The van der Waals surface area contributed by atoms with E-state index in [0.717, 1.165) is 112 Å². The molecular formula is C79H50N4O2. The van der Waals surface area contributed by atoms with Crippen LogP contribution < -0.4 is 9.80 Å². The summed E-state index contributed by atoms with van der Waals surface area (Å²) in [5, 5.41) is 12.8. The van der Waals surface area contributed by atoms with Crippen LogP contribution in [0.4, 0.5) is 34.1 Å². The number of para-hydroxylation sites is 5. The summed E-state index contributed by atoms with van der Waals surface area (Å²) in [5.41, 5.74) is 21.4. The highest BCUT2D eigenvalue weighted by molar-refractivity contribution is 6.32. The monoisotopic (exact) mass is 1090 g/mol. The lowest BCUT2D eigenvalue weighted by Gasteiger charge is -2.27. The minimum Gasteiger partial charge on any atom is -0.459 e. The molecule has 18 aromatic rings. The van der Waals surface area contributed by atoms with Crippen molar-refractivity contribution in [3.05, 3.63) is 285 Å². The zero-order chi connectivity index (χ0) is 56.0. The molecule has 0 radical (unpaired) electrons. The van der Waals surface area contributed by atoms with Gasteiger partial charge < -0.3 is 27.4 Å². The standard InChI is InChI=1S/C79H50N4O2/c1-3-4-29-55-48(2)84-78-59(55)33-19-37-69(78)80(53-27-17-25-51(44-53)49-21-7-5-8-22-49)67-42-40-57-63-46-72-64(47-71(63)82-65-35-14-11-31-61(65)74(67)76(57)82)58-41-43-68(75-62-32-12-15-36-66(62)83(72)77(58)75)81(54-28-18-26-52(45-54)50-23-9-6-10-24-50)70-38-20-34-60-56-30-13-16-39-73(56)85-79(60)70/h3-47H,1H2,2H3/b29-4-. The highest BCUT2D eigenvalue weighted by Crippen LogP contribution is 2.53. The molecule has 0 saturated heterocycles. The molecule has 6 heteroatoms. The maximum atomic E-state index is 6.89. The Morgan fingerprint density at radius 2 is 0.812 bits per heavy atom. The third-order valence-corrected chi connectivity index (χ3v) is 17.9. The number of aryl methyl sites for hydroxylation is 1. The third kappa shape index (κ3) is 6.76. The van der Waals surface area contributed by atoms with E-state index >= 15 is 0 Å². The Labute approximate surface area is 488 Å². The predicted octanol–water partition coefficient (Wildman–Crippen LogP) is 22.4. The molecule has 85 heavy (non-hydrogen) atoms. The second-order valence-corrected chi connectivity index (χ2v) is 22.4. The number of nitrogens with zero attached hydrogens (tertiary/aromatic N) is 4. The first-order valence-corrected chi connectivity index (χ1v) is 29.0. The van der Waals surface area contributed by atoms with E-state index in [4.69, 9.17) is 8.83 Å². The van der Waals surface area contributed by atoms with Gasteiger partial charge in [-0.25, -0.2) is 0 Å². The topological polar surface area (TPSA) is 41.6 Å². The molecule has 0 saturated carbocycles. The van der Waals surface area contributed by atoms with Crippen LogP contribution in [-0.2, 0) is 0 Å². The summed E-state index contributed by atoms with van der Waals surface area (Å²) in [7, 11) is 0. The summed E-state index contributed by atoms with van der Waals surface area (Å²) in [6.07, 6.45) is 5.89. The van der Waals surface area contributed by atoms with E-state index in [9.17, 15) is 0 Å². The van der Waals surface area contributed by atoms with Crippen LogP contribution in [0.1, 0.15) is 11.3 Å². The Balaban J connectivity index is 0.900. The molecule has 12 aromatic carbocycles. The van der Waals surface area contributed by atoms with Crippen LogP contribution in [-0.4, -0.2) is 8.80 Å². The summed E-state index contributed by atoms with van der Waals surface area (Å²) in [5.74, 6) is 0.855. The molecule has 0 amide bonds. The quantitative estimate of drug-likeness (QED) is 0.128. The molecule has 0 aliphatic heterocycles. The smallest absolute Gasteiger partial charge is 0.159 e. The molecule has 6 nitrogen and oxygen atoms in total. The number of rotatable bonds is 10. The van der Waals surface area contributed by atoms with Gasteiger partial charge >= 0.3 is 0 Å². The van der Waals surface area contributed by atoms with E-state index < -0.39 is 0 Å². The van der Waals surface area contributed by atoms with E-state index in [-0.39, 0.29) is 0 Å². The number of benzene rings is 12. The lowest BCUT2D eigenvalue weighted by Crippen LogP contribution is -2.11. The minimum absolute atomic E-state index is 0.826. The van der Waals surface area contributed by atoms with E-state index in [0.29, 0.717) is 0 Å². The average Bonchev–Trinajstić information content (AvgIpc) is 1.66. The Hall–Kier alpha value is -11.3. The molecule has 0 N–H and O–H groups in total. The summed E-state index contributed by atoms with van der Waals surface area (Å²) < 4.78 is 18.8. The van der Waals surface area contributed by atoms with Crippen molar-refractivity contribution in [2.75, 3.05) is 9.80 Å². The molecule has 6 heterocycles. The largest absolute Gasteiger partial charge is 0.459 e. The van der Waals surface area contributed by atoms with Gasteiger partial charge in [0.1, 0.15) is 11.3 Å². The number of aromatic nitrogens is 2. The lowest BCUT2D eigenvalue weighted by molar-refractivity contribution is 0.578. The molecule has 0 atom stereocenters. The van der Waals surface area contributed by atoms with Crippen LogP contribution in [0.25, 0.3) is 137 Å². The number of furan rings is 2. The van der Waals surface area contributed by atoms with E-state index in [1.807, 2.05) is 18.2 Å². The minimum atomic E-state index is 0.826. The second-order valence-electron chi connectivity index (χ2n) is 22.4. The maximum Gasteiger partial charge on any atom is 0.159 e. The zero-order valence-corrected chi connectivity index (χ0v) is 46.3. The van der Waals surface area contributed by atoms with E-state index in [1.165, 1.54) is 65.2 Å². The molecule has 6 aromatic heterocycles. The SMILES string of the molecule is C=C/C=C\c1c(C)oc2c(N(c3cccc(-c4ccccc4)c3)c3ccc4c5cc6c(cc5n5c7ccccc7c3c45)c3ccc(N(c4cccc(-c5ccccc5)c4)c4cccc5c4oc4ccccc45)c4c5ccccc5n6c34)cccc12. The predicted molar refractivity (Wildman–Crippen MR) is 357 cm³/mol. The van der Waals surface area contributed by atoms with Gasteiger partial charge in [-0.05, 0) is 108 Å². The molecule has 0 fully saturated rings. The van der Waals surface area contributed by atoms with Gasteiger partial charge in [0.15, 0.2) is 11.2 Å². The average molecular weight is 1090 g/mol. The first-order chi connectivity index (χ1) is 42.1. The van der Waals surface area contributed by atoms with Crippen molar-refractivity contribution in [3.8, 4) is 22.3 Å². The van der Waals surface area contributed by atoms with E-state index in [1.54, 1.807) is 0 Å². The molecule has 398 valence electrons. The maximum absolute atomic E-state index is 6.89. The lowest BCUT2D eigenvalue weighted by atomic mass is 10.0. The molecule has 0 bridgehead atoms. The van der Waals surface area contributed by atoms with Crippen molar-refractivity contribution in [1.82, 2.24) is 8.80 Å². The summed E-state index contributed by atoms with van der Waals surface area (Å²) >= 11 is 0. The van der Waals surface area contributed by atoms with E-state index in [2.05, 4.69) is 287 Å². The van der Waals surface area contributed by atoms with Gasteiger partial charge in [0, 0.05) is 76.2 Å². The Morgan fingerprint density at radius 3 is 1.36 bits per heavy atom. The van der Waals surface area contributed by atoms with Crippen molar-refractivity contribution in [2.45, 2.75) is 6.92 Å². The normalized spacial score (nSPS) is 12.3. The van der Waals surface area contributed by atoms with Crippen LogP contribution in [0.5, 0.6) is 0 Å². The molecular weight excluding hydrogens is 1040 g/mol. The molecule has 0 spiro atoms. The highest BCUT2D eigenvalue weighted by atomic mass is 16.3. The van der Waals surface area contributed by atoms with Gasteiger partial charge in [-0.15, -0.1) is 0 Å². The van der Waals surface area contributed by atoms with Gasteiger partial charge in [-0.1, -0.05) is 201 Å². The molecule has 0 unspecified atom stereocenters.